The maximum atomic E-state index is 13.2. The average molecular weight is 455 g/mol. The van der Waals surface area contributed by atoms with Gasteiger partial charge in [-0.25, -0.2) is 0 Å². The molecule has 1 aliphatic carbocycles. The second kappa shape index (κ2) is 10.9. The summed E-state index contributed by atoms with van der Waals surface area (Å²) in [5.41, 5.74) is 1.60. The largest absolute Gasteiger partial charge is 0.354 e. The van der Waals surface area contributed by atoms with Crippen molar-refractivity contribution < 1.29 is 9.59 Å². The SMILES string of the molecule is O=C(NCCc1ccccn1)C(C1CCCC1)N1CCN(C(=O)c2cccc(Cl)c2)CC1. The molecule has 0 radical (unpaired) electrons. The maximum Gasteiger partial charge on any atom is 0.253 e. The first kappa shape index (κ1) is 22.7. The molecule has 32 heavy (non-hydrogen) atoms. The molecular weight excluding hydrogens is 424 g/mol. The molecule has 1 unspecified atom stereocenters. The van der Waals surface area contributed by atoms with Crippen LogP contribution >= 0.6 is 11.6 Å². The van der Waals surface area contributed by atoms with Crippen LogP contribution in [0.1, 0.15) is 41.7 Å². The van der Waals surface area contributed by atoms with E-state index in [-0.39, 0.29) is 17.9 Å². The molecule has 1 saturated heterocycles. The molecule has 170 valence electrons. The van der Waals surface area contributed by atoms with Gasteiger partial charge in [-0.1, -0.05) is 36.6 Å². The number of benzene rings is 1. The van der Waals surface area contributed by atoms with E-state index in [2.05, 4.69) is 15.2 Å². The Bertz CT molecular complexity index is 909. The molecular formula is C25H31ClN4O2. The van der Waals surface area contributed by atoms with Crippen LogP contribution in [-0.2, 0) is 11.2 Å². The first-order valence-electron chi connectivity index (χ1n) is 11.6. The molecule has 2 aliphatic rings. The van der Waals surface area contributed by atoms with E-state index in [0.717, 1.165) is 25.0 Å². The summed E-state index contributed by atoms with van der Waals surface area (Å²) in [6, 6.07) is 12.8. The third kappa shape index (κ3) is 5.67. The fourth-order valence-corrected chi connectivity index (χ4v) is 5.11. The Hall–Kier alpha value is -2.44. The zero-order valence-electron chi connectivity index (χ0n) is 18.4. The number of carbonyl (C=O) groups excluding carboxylic acids is 2. The molecule has 1 saturated carbocycles. The van der Waals surface area contributed by atoms with Crippen LogP contribution in [0.25, 0.3) is 0 Å². The van der Waals surface area contributed by atoms with Crippen LogP contribution in [0.2, 0.25) is 5.02 Å². The number of pyridine rings is 1. The van der Waals surface area contributed by atoms with E-state index in [4.69, 9.17) is 11.6 Å². The van der Waals surface area contributed by atoms with Gasteiger partial charge in [0, 0.05) is 61.6 Å². The van der Waals surface area contributed by atoms with Crippen molar-refractivity contribution in [3.05, 3.63) is 64.9 Å². The van der Waals surface area contributed by atoms with Gasteiger partial charge in [-0.2, -0.15) is 0 Å². The summed E-state index contributed by atoms with van der Waals surface area (Å²) in [5, 5.41) is 3.72. The van der Waals surface area contributed by atoms with Crippen LogP contribution in [0.3, 0.4) is 0 Å². The second-order valence-electron chi connectivity index (χ2n) is 8.69. The van der Waals surface area contributed by atoms with Gasteiger partial charge < -0.3 is 10.2 Å². The lowest BCUT2D eigenvalue weighted by molar-refractivity contribution is -0.129. The molecule has 1 N–H and O–H groups in total. The lowest BCUT2D eigenvalue weighted by Crippen LogP contribution is -2.58. The van der Waals surface area contributed by atoms with E-state index >= 15 is 0 Å². The minimum absolute atomic E-state index is 0.00405. The highest BCUT2D eigenvalue weighted by Crippen LogP contribution is 2.31. The van der Waals surface area contributed by atoms with Crippen molar-refractivity contribution in [2.24, 2.45) is 5.92 Å². The van der Waals surface area contributed by atoms with Gasteiger partial charge in [-0.3, -0.25) is 19.5 Å². The number of aromatic nitrogens is 1. The highest BCUT2D eigenvalue weighted by atomic mass is 35.5. The molecule has 1 aromatic heterocycles. The van der Waals surface area contributed by atoms with Gasteiger partial charge >= 0.3 is 0 Å². The van der Waals surface area contributed by atoms with E-state index in [1.54, 1.807) is 30.5 Å². The van der Waals surface area contributed by atoms with E-state index in [9.17, 15) is 9.59 Å². The monoisotopic (exact) mass is 454 g/mol. The standard InChI is InChI=1S/C25H31ClN4O2/c26-21-9-5-8-20(18-21)25(32)30-16-14-29(15-17-30)23(19-6-1-2-7-19)24(31)28-13-11-22-10-3-4-12-27-22/h3-5,8-10,12,18-19,23H,1-2,6-7,11,13-17H2,(H,28,31). The van der Waals surface area contributed by atoms with Crippen LogP contribution in [0.15, 0.2) is 48.7 Å². The number of rotatable bonds is 7. The molecule has 2 heterocycles. The van der Waals surface area contributed by atoms with Gasteiger partial charge in [0.15, 0.2) is 0 Å². The Morgan fingerprint density at radius 3 is 2.53 bits per heavy atom. The second-order valence-corrected chi connectivity index (χ2v) is 9.13. The number of nitrogens with zero attached hydrogens (tertiary/aromatic N) is 3. The van der Waals surface area contributed by atoms with Crippen LogP contribution in [0.4, 0.5) is 0 Å². The van der Waals surface area contributed by atoms with Crippen LogP contribution in [0, 0.1) is 5.92 Å². The van der Waals surface area contributed by atoms with Gasteiger partial charge in [0.2, 0.25) is 5.91 Å². The fraction of sp³-hybridized carbons (Fsp3) is 0.480. The summed E-state index contributed by atoms with van der Waals surface area (Å²) in [5.74, 6) is 0.506. The summed E-state index contributed by atoms with van der Waals surface area (Å²) < 4.78 is 0. The number of halogens is 1. The van der Waals surface area contributed by atoms with Crippen LogP contribution < -0.4 is 5.32 Å². The summed E-state index contributed by atoms with van der Waals surface area (Å²) >= 11 is 6.05. The predicted octanol–water partition coefficient (Wildman–Crippen LogP) is 3.41. The highest BCUT2D eigenvalue weighted by molar-refractivity contribution is 6.30. The Morgan fingerprint density at radius 2 is 1.84 bits per heavy atom. The van der Waals surface area contributed by atoms with Crippen molar-refractivity contribution in [1.82, 2.24) is 20.1 Å². The first-order chi connectivity index (χ1) is 15.6. The Labute approximate surface area is 195 Å². The quantitative estimate of drug-likeness (QED) is 0.696. The Morgan fingerprint density at radius 1 is 1.06 bits per heavy atom. The van der Waals surface area contributed by atoms with Crippen molar-refractivity contribution in [2.75, 3.05) is 32.7 Å². The molecule has 1 aliphatic heterocycles. The maximum absolute atomic E-state index is 13.2. The van der Waals surface area contributed by atoms with Gasteiger partial charge in [-0.15, -0.1) is 0 Å². The third-order valence-corrected chi connectivity index (χ3v) is 6.82. The fourth-order valence-electron chi connectivity index (χ4n) is 4.92. The Balaban J connectivity index is 1.35. The molecule has 1 atom stereocenters. The lowest BCUT2D eigenvalue weighted by atomic mass is 9.95. The van der Waals surface area contributed by atoms with E-state index in [0.29, 0.717) is 49.2 Å². The molecule has 0 bridgehead atoms. The van der Waals surface area contributed by atoms with Gasteiger partial charge in [0.05, 0.1) is 6.04 Å². The highest BCUT2D eigenvalue weighted by Gasteiger charge is 2.37. The van der Waals surface area contributed by atoms with Crippen molar-refractivity contribution in [2.45, 2.75) is 38.1 Å². The molecule has 2 fully saturated rings. The molecule has 2 amide bonds. The van der Waals surface area contributed by atoms with Crippen molar-refractivity contribution in [3.63, 3.8) is 0 Å². The smallest absolute Gasteiger partial charge is 0.253 e. The normalized spacial score (nSPS) is 18.5. The Kier molecular flexibility index (Phi) is 7.76. The van der Waals surface area contributed by atoms with Crippen LogP contribution in [-0.4, -0.2) is 65.4 Å². The van der Waals surface area contributed by atoms with Crippen LogP contribution in [0.5, 0.6) is 0 Å². The minimum Gasteiger partial charge on any atom is -0.354 e. The number of hydrogen-bond donors (Lipinski definition) is 1. The molecule has 2 aromatic rings. The van der Waals surface area contributed by atoms with Gasteiger partial charge in [-0.05, 0) is 49.1 Å². The molecule has 0 spiro atoms. The molecule has 6 nitrogen and oxygen atoms in total. The molecule has 1 aromatic carbocycles. The number of carbonyl (C=O) groups is 2. The van der Waals surface area contributed by atoms with Gasteiger partial charge in [0.1, 0.15) is 0 Å². The summed E-state index contributed by atoms with van der Waals surface area (Å²) in [7, 11) is 0. The van der Waals surface area contributed by atoms with E-state index in [1.807, 2.05) is 23.1 Å². The average Bonchev–Trinajstić information content (AvgIpc) is 3.34. The minimum atomic E-state index is -0.121. The summed E-state index contributed by atoms with van der Waals surface area (Å²) in [6.45, 7) is 3.25. The zero-order valence-corrected chi connectivity index (χ0v) is 19.1. The van der Waals surface area contributed by atoms with Crippen molar-refractivity contribution in [3.8, 4) is 0 Å². The molecule has 7 heteroatoms. The van der Waals surface area contributed by atoms with Crippen molar-refractivity contribution >= 4 is 23.4 Å². The van der Waals surface area contributed by atoms with Crippen molar-refractivity contribution in [1.29, 1.82) is 0 Å². The lowest BCUT2D eigenvalue weighted by Gasteiger charge is -2.40. The number of amides is 2. The zero-order chi connectivity index (χ0) is 22.3. The topological polar surface area (TPSA) is 65.5 Å². The third-order valence-electron chi connectivity index (χ3n) is 6.59. The first-order valence-corrected chi connectivity index (χ1v) is 12.0. The van der Waals surface area contributed by atoms with E-state index in [1.165, 1.54) is 12.8 Å². The number of piperazine rings is 1. The van der Waals surface area contributed by atoms with E-state index < -0.39 is 0 Å². The summed E-state index contributed by atoms with van der Waals surface area (Å²) in [6.07, 6.45) is 7.08. The molecule has 4 rings (SSSR count). The van der Waals surface area contributed by atoms with Gasteiger partial charge in [0.25, 0.3) is 5.91 Å². The number of nitrogens with one attached hydrogen (secondary N) is 1. The predicted molar refractivity (Wildman–Crippen MR) is 126 cm³/mol. The number of hydrogen-bond acceptors (Lipinski definition) is 4. The summed E-state index contributed by atoms with van der Waals surface area (Å²) in [4.78, 5) is 34.6.